The summed E-state index contributed by atoms with van der Waals surface area (Å²) >= 11 is 0. The van der Waals surface area contributed by atoms with Crippen molar-refractivity contribution in [3.63, 3.8) is 0 Å². The monoisotopic (exact) mass is 214 g/mol. The number of benzene rings is 1. The Hall–Kier alpha value is -1.37. The molecule has 0 aliphatic heterocycles. The van der Waals surface area contributed by atoms with Crippen molar-refractivity contribution in [1.29, 1.82) is 0 Å². The number of ketones is 1. The van der Waals surface area contributed by atoms with Crippen molar-refractivity contribution in [2.75, 3.05) is 0 Å². The van der Waals surface area contributed by atoms with Crippen LogP contribution in [0.2, 0.25) is 0 Å². The van der Waals surface area contributed by atoms with E-state index in [-0.39, 0.29) is 0 Å². The van der Waals surface area contributed by atoms with Gasteiger partial charge in [-0.15, -0.1) is 0 Å². The average molecular weight is 214 g/mol. The number of aryl methyl sites for hydroxylation is 1. The molecule has 0 N–H and O–H groups in total. The Kier molecular flexibility index (Phi) is 3.55. The number of hydrogen-bond acceptors (Lipinski definition) is 1. The second kappa shape index (κ2) is 5.11. The third kappa shape index (κ3) is 2.60. The maximum atomic E-state index is 11.9. The van der Waals surface area contributed by atoms with Gasteiger partial charge >= 0.3 is 0 Å². The maximum Gasteiger partial charge on any atom is 0.162 e. The van der Waals surface area contributed by atoms with Crippen molar-refractivity contribution in [2.45, 2.75) is 39.0 Å². The van der Waals surface area contributed by atoms with Gasteiger partial charge in [0.05, 0.1) is 0 Å². The first-order chi connectivity index (χ1) is 7.79. The first-order valence-electron chi connectivity index (χ1n) is 6.09. The minimum atomic E-state index is 0.307. The van der Waals surface area contributed by atoms with Gasteiger partial charge in [-0.2, -0.15) is 0 Å². The zero-order valence-corrected chi connectivity index (χ0v) is 9.83. The van der Waals surface area contributed by atoms with Gasteiger partial charge in [0.2, 0.25) is 0 Å². The standard InChI is InChI=1S/C15H18O/c1-2-12-7-9-13(10-8-12)11-15(16)14-5-3-4-6-14/h5,7-10H,2-4,6,11H2,1H3. The highest BCUT2D eigenvalue weighted by atomic mass is 16.1. The van der Waals surface area contributed by atoms with Crippen LogP contribution in [0.3, 0.4) is 0 Å². The molecule has 1 heteroatoms. The molecule has 1 aliphatic rings. The van der Waals surface area contributed by atoms with Crippen molar-refractivity contribution in [3.05, 3.63) is 47.0 Å². The molecule has 16 heavy (non-hydrogen) atoms. The molecule has 0 amide bonds. The molecule has 0 atom stereocenters. The van der Waals surface area contributed by atoms with E-state index in [0.717, 1.165) is 36.8 Å². The smallest absolute Gasteiger partial charge is 0.162 e. The Morgan fingerprint density at radius 3 is 2.44 bits per heavy atom. The van der Waals surface area contributed by atoms with E-state index in [4.69, 9.17) is 0 Å². The van der Waals surface area contributed by atoms with Crippen LogP contribution in [-0.4, -0.2) is 5.78 Å². The Bertz CT molecular complexity index is 398. The van der Waals surface area contributed by atoms with Gasteiger partial charge in [-0.1, -0.05) is 37.3 Å². The molecule has 1 nitrogen and oxygen atoms in total. The number of hydrogen-bond donors (Lipinski definition) is 0. The van der Waals surface area contributed by atoms with E-state index >= 15 is 0 Å². The van der Waals surface area contributed by atoms with E-state index in [1.165, 1.54) is 5.56 Å². The van der Waals surface area contributed by atoms with Crippen molar-refractivity contribution < 1.29 is 4.79 Å². The van der Waals surface area contributed by atoms with E-state index in [1.54, 1.807) is 0 Å². The second-order valence-electron chi connectivity index (χ2n) is 4.39. The summed E-state index contributed by atoms with van der Waals surface area (Å²) in [6.45, 7) is 2.14. The zero-order chi connectivity index (χ0) is 11.4. The number of allylic oxidation sites excluding steroid dienone is 2. The summed E-state index contributed by atoms with van der Waals surface area (Å²) in [4.78, 5) is 11.9. The van der Waals surface area contributed by atoms with Crippen LogP contribution in [0.4, 0.5) is 0 Å². The largest absolute Gasteiger partial charge is 0.294 e. The SMILES string of the molecule is CCc1ccc(CC(=O)C2=CCCC2)cc1. The van der Waals surface area contributed by atoms with Crippen molar-refractivity contribution >= 4 is 5.78 Å². The molecule has 0 spiro atoms. The van der Waals surface area contributed by atoms with Gasteiger partial charge in [0.25, 0.3) is 0 Å². The van der Waals surface area contributed by atoms with Gasteiger partial charge in [0.15, 0.2) is 5.78 Å². The number of rotatable bonds is 4. The summed E-state index contributed by atoms with van der Waals surface area (Å²) < 4.78 is 0. The molecule has 0 saturated carbocycles. The van der Waals surface area contributed by atoms with Gasteiger partial charge < -0.3 is 0 Å². The van der Waals surface area contributed by atoms with Crippen LogP contribution in [0.15, 0.2) is 35.9 Å². The summed E-state index contributed by atoms with van der Waals surface area (Å²) in [7, 11) is 0. The molecular weight excluding hydrogens is 196 g/mol. The lowest BCUT2D eigenvalue weighted by molar-refractivity contribution is -0.115. The van der Waals surface area contributed by atoms with Crippen LogP contribution in [0.5, 0.6) is 0 Å². The number of carbonyl (C=O) groups is 1. The third-order valence-corrected chi connectivity index (χ3v) is 3.20. The second-order valence-corrected chi connectivity index (χ2v) is 4.39. The predicted molar refractivity (Wildman–Crippen MR) is 66.5 cm³/mol. The third-order valence-electron chi connectivity index (χ3n) is 3.20. The van der Waals surface area contributed by atoms with Gasteiger partial charge in [-0.25, -0.2) is 0 Å². The zero-order valence-electron chi connectivity index (χ0n) is 9.83. The van der Waals surface area contributed by atoms with E-state index < -0.39 is 0 Å². The lowest BCUT2D eigenvalue weighted by atomic mass is 10.0. The molecule has 0 aromatic heterocycles. The van der Waals surface area contributed by atoms with Crippen LogP contribution >= 0.6 is 0 Å². The highest BCUT2D eigenvalue weighted by molar-refractivity contribution is 5.97. The minimum Gasteiger partial charge on any atom is -0.294 e. The Morgan fingerprint density at radius 1 is 1.19 bits per heavy atom. The van der Waals surface area contributed by atoms with Crippen LogP contribution in [0.25, 0.3) is 0 Å². The molecule has 0 radical (unpaired) electrons. The summed E-state index contributed by atoms with van der Waals surface area (Å²) in [5.41, 5.74) is 3.51. The molecule has 1 aromatic rings. The van der Waals surface area contributed by atoms with Crippen LogP contribution in [0, 0.1) is 0 Å². The molecule has 0 unspecified atom stereocenters. The molecule has 1 aliphatic carbocycles. The fourth-order valence-corrected chi connectivity index (χ4v) is 2.12. The van der Waals surface area contributed by atoms with E-state index in [0.29, 0.717) is 12.2 Å². The highest BCUT2D eigenvalue weighted by Gasteiger charge is 2.13. The maximum absolute atomic E-state index is 11.9. The predicted octanol–water partition coefficient (Wildman–Crippen LogP) is 3.47. The van der Waals surface area contributed by atoms with Crippen LogP contribution in [-0.2, 0) is 17.6 Å². The van der Waals surface area contributed by atoms with Crippen molar-refractivity contribution in [1.82, 2.24) is 0 Å². The van der Waals surface area contributed by atoms with Crippen molar-refractivity contribution in [3.8, 4) is 0 Å². The average Bonchev–Trinajstić information content (AvgIpc) is 2.83. The summed E-state index contributed by atoms with van der Waals surface area (Å²) in [5, 5.41) is 0. The summed E-state index contributed by atoms with van der Waals surface area (Å²) in [6, 6.07) is 8.38. The number of carbonyl (C=O) groups excluding carboxylic acids is 1. The van der Waals surface area contributed by atoms with E-state index in [2.05, 4.69) is 37.3 Å². The molecule has 0 bridgehead atoms. The fourth-order valence-electron chi connectivity index (χ4n) is 2.12. The topological polar surface area (TPSA) is 17.1 Å². The summed E-state index contributed by atoms with van der Waals surface area (Å²) in [5.74, 6) is 0.307. The van der Waals surface area contributed by atoms with Crippen molar-refractivity contribution in [2.24, 2.45) is 0 Å². The van der Waals surface area contributed by atoms with Gasteiger partial charge in [-0.3, -0.25) is 4.79 Å². The molecule has 0 heterocycles. The van der Waals surface area contributed by atoms with Gasteiger partial charge in [0, 0.05) is 6.42 Å². The normalized spacial score (nSPS) is 14.9. The molecule has 1 aromatic carbocycles. The Morgan fingerprint density at radius 2 is 1.88 bits per heavy atom. The molecule has 0 fully saturated rings. The summed E-state index contributed by atoms with van der Waals surface area (Å²) in [6.07, 6.45) is 6.93. The first-order valence-corrected chi connectivity index (χ1v) is 6.09. The minimum absolute atomic E-state index is 0.307. The van der Waals surface area contributed by atoms with Crippen LogP contribution in [0.1, 0.15) is 37.3 Å². The van der Waals surface area contributed by atoms with Gasteiger partial charge in [0.1, 0.15) is 0 Å². The Balaban J connectivity index is 2.00. The quantitative estimate of drug-likeness (QED) is 0.750. The Labute approximate surface area is 97.2 Å². The highest BCUT2D eigenvalue weighted by Crippen LogP contribution is 2.20. The van der Waals surface area contributed by atoms with E-state index in [1.807, 2.05) is 0 Å². The molecule has 0 saturated heterocycles. The fraction of sp³-hybridized carbons (Fsp3) is 0.400. The van der Waals surface area contributed by atoms with E-state index in [9.17, 15) is 4.79 Å². The molecular formula is C15H18O. The molecule has 84 valence electrons. The lowest BCUT2D eigenvalue weighted by Crippen LogP contribution is -2.04. The van der Waals surface area contributed by atoms with Crippen LogP contribution < -0.4 is 0 Å². The number of Topliss-reactive ketones (excluding diaryl/α,β-unsaturated/α-hetero) is 1. The molecule has 2 rings (SSSR count). The van der Waals surface area contributed by atoms with Gasteiger partial charge in [-0.05, 0) is 42.4 Å². The lowest BCUT2D eigenvalue weighted by Gasteiger charge is -2.03. The first kappa shape index (κ1) is 11.1.